The zero-order valence-corrected chi connectivity index (χ0v) is 9.87. The Morgan fingerprint density at radius 3 is 2.20 bits per heavy atom. The highest BCUT2D eigenvalue weighted by atomic mass is 16.6. The molecule has 15 heavy (non-hydrogen) atoms. The van der Waals surface area contributed by atoms with Gasteiger partial charge in [-0.1, -0.05) is 0 Å². The van der Waals surface area contributed by atoms with E-state index in [0.717, 1.165) is 0 Å². The fourth-order valence-electron chi connectivity index (χ4n) is 0.851. The van der Waals surface area contributed by atoms with Crippen molar-refractivity contribution in [3.63, 3.8) is 0 Å². The van der Waals surface area contributed by atoms with Crippen LogP contribution in [0.5, 0.6) is 0 Å². The Labute approximate surface area is 90.2 Å². The van der Waals surface area contributed by atoms with E-state index in [-0.39, 0.29) is 5.97 Å². The molecule has 0 aliphatic rings. The molecular formula is C11H18O4. The third-order valence-electron chi connectivity index (χ3n) is 1.26. The molecule has 0 aliphatic carbocycles. The smallest absolute Gasteiger partial charge is 0.331 e. The van der Waals surface area contributed by atoms with Gasteiger partial charge in [-0.3, -0.25) is 4.79 Å². The second-order valence-corrected chi connectivity index (χ2v) is 4.21. The number of hydrogen-bond donors (Lipinski definition) is 0. The summed E-state index contributed by atoms with van der Waals surface area (Å²) < 4.78 is 9.82. The van der Waals surface area contributed by atoms with Crippen LogP contribution in [-0.2, 0) is 19.1 Å². The van der Waals surface area contributed by atoms with Gasteiger partial charge in [0, 0.05) is 13.0 Å². The Bertz CT molecular complexity index is 260. The Morgan fingerprint density at radius 1 is 1.27 bits per heavy atom. The Morgan fingerprint density at radius 2 is 1.80 bits per heavy atom. The summed E-state index contributed by atoms with van der Waals surface area (Å²) >= 11 is 0. The average molecular weight is 214 g/mol. The number of ether oxygens (including phenoxy) is 2. The monoisotopic (exact) mass is 214 g/mol. The lowest BCUT2D eigenvalue weighted by Gasteiger charge is -2.18. The second-order valence-electron chi connectivity index (χ2n) is 4.21. The van der Waals surface area contributed by atoms with Crippen molar-refractivity contribution >= 4 is 11.9 Å². The largest absolute Gasteiger partial charge is 0.459 e. The first-order valence-electron chi connectivity index (χ1n) is 4.79. The fraction of sp³-hybridized carbons (Fsp3) is 0.636. The van der Waals surface area contributed by atoms with Gasteiger partial charge in [0.2, 0.25) is 0 Å². The van der Waals surface area contributed by atoms with Crippen molar-refractivity contribution in [2.24, 2.45) is 0 Å². The summed E-state index contributed by atoms with van der Waals surface area (Å²) in [6.07, 6.45) is 2.32. The second kappa shape index (κ2) is 5.53. The summed E-state index contributed by atoms with van der Waals surface area (Å²) in [7, 11) is 0. The van der Waals surface area contributed by atoms with E-state index in [1.807, 2.05) is 0 Å². The highest BCUT2D eigenvalue weighted by Gasteiger charge is 2.14. The van der Waals surface area contributed by atoms with Crippen molar-refractivity contribution in [1.82, 2.24) is 0 Å². The highest BCUT2D eigenvalue weighted by molar-refractivity contribution is 5.82. The molecule has 0 aromatic carbocycles. The number of hydrogen-bond acceptors (Lipinski definition) is 4. The van der Waals surface area contributed by atoms with Gasteiger partial charge in [0.05, 0.1) is 0 Å². The van der Waals surface area contributed by atoms with Crippen LogP contribution in [0.2, 0.25) is 0 Å². The van der Waals surface area contributed by atoms with Gasteiger partial charge in [-0.25, -0.2) is 4.79 Å². The fourth-order valence-corrected chi connectivity index (χ4v) is 0.851. The summed E-state index contributed by atoms with van der Waals surface area (Å²) in [4.78, 5) is 21.8. The molecule has 0 aromatic rings. The normalized spacial score (nSPS) is 13.7. The lowest BCUT2D eigenvalue weighted by molar-refractivity contribution is -0.149. The van der Waals surface area contributed by atoms with Gasteiger partial charge in [0.15, 0.2) is 0 Å². The van der Waals surface area contributed by atoms with Crippen LogP contribution in [0, 0.1) is 0 Å². The quantitative estimate of drug-likeness (QED) is 0.531. The van der Waals surface area contributed by atoms with Gasteiger partial charge >= 0.3 is 11.9 Å². The zero-order valence-electron chi connectivity index (χ0n) is 9.87. The van der Waals surface area contributed by atoms with Crippen LogP contribution in [0.4, 0.5) is 0 Å². The predicted octanol–water partition coefficient (Wildman–Crippen LogP) is 1.84. The molecule has 0 fully saturated rings. The SMILES string of the molecule is CC(=O)O[C@@H](C)/C=C\C(=O)OC(C)(C)C. The van der Waals surface area contributed by atoms with Crippen LogP contribution in [-0.4, -0.2) is 23.6 Å². The lowest BCUT2D eigenvalue weighted by Crippen LogP contribution is -2.22. The minimum Gasteiger partial charge on any atom is -0.459 e. The van der Waals surface area contributed by atoms with E-state index in [1.54, 1.807) is 27.7 Å². The van der Waals surface area contributed by atoms with Crippen molar-refractivity contribution in [3.05, 3.63) is 12.2 Å². The molecule has 0 spiro atoms. The van der Waals surface area contributed by atoms with Crippen molar-refractivity contribution in [2.75, 3.05) is 0 Å². The van der Waals surface area contributed by atoms with E-state index in [1.165, 1.54) is 19.1 Å². The predicted molar refractivity (Wildman–Crippen MR) is 56.2 cm³/mol. The maximum atomic E-state index is 11.2. The molecule has 0 saturated heterocycles. The molecule has 4 heteroatoms. The molecule has 86 valence electrons. The van der Waals surface area contributed by atoms with Gasteiger partial charge in [-0.15, -0.1) is 0 Å². The molecule has 0 N–H and O–H groups in total. The van der Waals surface area contributed by atoms with Crippen LogP contribution >= 0.6 is 0 Å². The van der Waals surface area contributed by atoms with E-state index >= 15 is 0 Å². The van der Waals surface area contributed by atoms with E-state index in [2.05, 4.69) is 0 Å². The van der Waals surface area contributed by atoms with Gasteiger partial charge in [0.1, 0.15) is 11.7 Å². The number of carbonyl (C=O) groups is 2. The molecule has 1 atom stereocenters. The summed E-state index contributed by atoms with van der Waals surface area (Å²) in [5, 5.41) is 0. The third kappa shape index (κ3) is 9.00. The van der Waals surface area contributed by atoms with Crippen molar-refractivity contribution in [2.45, 2.75) is 46.3 Å². The molecule has 0 unspecified atom stereocenters. The Kier molecular flexibility index (Phi) is 5.05. The van der Waals surface area contributed by atoms with E-state index in [4.69, 9.17) is 9.47 Å². The van der Waals surface area contributed by atoms with E-state index in [0.29, 0.717) is 0 Å². The van der Waals surface area contributed by atoms with Gasteiger partial charge in [-0.05, 0) is 33.8 Å². The maximum Gasteiger partial charge on any atom is 0.331 e. The first-order chi connectivity index (χ1) is 6.70. The molecule has 0 radical (unpaired) electrons. The van der Waals surface area contributed by atoms with Crippen LogP contribution in [0.1, 0.15) is 34.6 Å². The number of rotatable bonds is 3. The minimum absolute atomic E-state index is 0.378. The van der Waals surface area contributed by atoms with Crippen molar-refractivity contribution in [1.29, 1.82) is 0 Å². The lowest BCUT2D eigenvalue weighted by atomic mass is 10.2. The van der Waals surface area contributed by atoms with Crippen LogP contribution in [0.15, 0.2) is 12.2 Å². The Balaban J connectivity index is 4.06. The molecule has 0 amide bonds. The van der Waals surface area contributed by atoms with Crippen LogP contribution in [0.25, 0.3) is 0 Å². The molecule has 4 nitrogen and oxygen atoms in total. The number of carbonyl (C=O) groups excluding carboxylic acids is 2. The molecule has 0 aromatic heterocycles. The molecule has 0 aliphatic heterocycles. The van der Waals surface area contributed by atoms with Crippen molar-refractivity contribution < 1.29 is 19.1 Å². The third-order valence-corrected chi connectivity index (χ3v) is 1.26. The molecule has 0 bridgehead atoms. The summed E-state index contributed by atoms with van der Waals surface area (Å²) in [5.41, 5.74) is -0.508. The number of esters is 2. The highest BCUT2D eigenvalue weighted by Crippen LogP contribution is 2.07. The molecular weight excluding hydrogens is 196 g/mol. The van der Waals surface area contributed by atoms with E-state index in [9.17, 15) is 9.59 Å². The first-order valence-corrected chi connectivity index (χ1v) is 4.79. The van der Waals surface area contributed by atoms with Gasteiger partial charge in [-0.2, -0.15) is 0 Å². The zero-order chi connectivity index (χ0) is 12.1. The minimum atomic E-state index is -0.508. The summed E-state index contributed by atoms with van der Waals surface area (Å²) in [6.45, 7) is 8.34. The molecule has 0 rings (SSSR count). The molecule has 0 saturated carbocycles. The van der Waals surface area contributed by atoms with Crippen molar-refractivity contribution in [3.8, 4) is 0 Å². The maximum absolute atomic E-state index is 11.2. The van der Waals surface area contributed by atoms with Crippen LogP contribution in [0.3, 0.4) is 0 Å². The first kappa shape index (κ1) is 13.7. The van der Waals surface area contributed by atoms with Gasteiger partial charge < -0.3 is 9.47 Å². The standard InChI is InChI=1S/C11H18O4/c1-8(14-9(2)12)6-7-10(13)15-11(3,4)5/h6-8H,1-5H3/b7-6-/t8-/m0/s1. The summed E-state index contributed by atoms with van der Waals surface area (Å²) in [5.74, 6) is -0.821. The Hall–Kier alpha value is -1.32. The summed E-state index contributed by atoms with van der Waals surface area (Å²) in [6, 6.07) is 0. The van der Waals surface area contributed by atoms with Gasteiger partial charge in [0.25, 0.3) is 0 Å². The average Bonchev–Trinajstić information content (AvgIpc) is 1.96. The van der Waals surface area contributed by atoms with Crippen LogP contribution < -0.4 is 0 Å². The van der Waals surface area contributed by atoms with E-state index < -0.39 is 17.7 Å². The topological polar surface area (TPSA) is 52.6 Å². The molecule has 0 heterocycles.